The van der Waals surface area contributed by atoms with E-state index in [-0.39, 0.29) is 12.6 Å². The molecule has 0 spiro atoms. The zero-order chi connectivity index (χ0) is 15.6. The number of rotatable bonds is 5. The van der Waals surface area contributed by atoms with Gasteiger partial charge in [0.25, 0.3) is 5.91 Å². The summed E-state index contributed by atoms with van der Waals surface area (Å²) in [6.07, 6.45) is -0.208. The SMILES string of the molecule is CC(CONC(=O)[C@@H]1CCC2CN1C(=O)N2O)NC(=O)O. The fourth-order valence-corrected chi connectivity index (χ4v) is 2.48. The van der Waals surface area contributed by atoms with Gasteiger partial charge in [-0.3, -0.25) is 14.8 Å². The number of hydrogen-bond donors (Lipinski definition) is 4. The number of hydrogen-bond acceptors (Lipinski definition) is 5. The van der Waals surface area contributed by atoms with Crippen LogP contribution in [0.3, 0.4) is 0 Å². The molecule has 2 heterocycles. The van der Waals surface area contributed by atoms with Crippen molar-refractivity contribution in [2.24, 2.45) is 0 Å². The van der Waals surface area contributed by atoms with Crippen LogP contribution in [0.5, 0.6) is 0 Å². The molecule has 0 aromatic rings. The van der Waals surface area contributed by atoms with E-state index in [1.165, 1.54) is 4.90 Å². The Labute approximate surface area is 120 Å². The summed E-state index contributed by atoms with van der Waals surface area (Å²) in [5.74, 6) is -0.486. The van der Waals surface area contributed by atoms with Gasteiger partial charge in [-0.15, -0.1) is 0 Å². The van der Waals surface area contributed by atoms with Crippen LogP contribution in [-0.2, 0) is 9.63 Å². The second-order valence-electron chi connectivity index (χ2n) is 5.15. The van der Waals surface area contributed by atoms with Crippen molar-refractivity contribution in [3.8, 4) is 0 Å². The Kier molecular flexibility index (Phi) is 4.48. The van der Waals surface area contributed by atoms with Gasteiger partial charge in [-0.25, -0.2) is 20.1 Å². The van der Waals surface area contributed by atoms with Crippen molar-refractivity contribution < 1.29 is 29.5 Å². The second-order valence-corrected chi connectivity index (χ2v) is 5.15. The molecule has 2 rings (SSSR count). The maximum absolute atomic E-state index is 12.0. The number of hydroxylamine groups is 3. The molecule has 118 valence electrons. The van der Waals surface area contributed by atoms with E-state index in [1.54, 1.807) is 6.92 Å². The van der Waals surface area contributed by atoms with Gasteiger partial charge >= 0.3 is 12.1 Å². The van der Waals surface area contributed by atoms with Crippen LogP contribution < -0.4 is 10.8 Å². The zero-order valence-electron chi connectivity index (χ0n) is 11.5. The van der Waals surface area contributed by atoms with E-state index in [0.29, 0.717) is 24.4 Å². The van der Waals surface area contributed by atoms with Crippen molar-refractivity contribution in [1.29, 1.82) is 0 Å². The molecule has 2 saturated heterocycles. The lowest BCUT2D eigenvalue weighted by atomic mass is 10.0. The first kappa shape index (κ1) is 15.3. The van der Waals surface area contributed by atoms with Gasteiger partial charge in [-0.1, -0.05) is 0 Å². The van der Waals surface area contributed by atoms with Crippen LogP contribution in [-0.4, -0.2) is 69.6 Å². The average molecular weight is 302 g/mol. The Morgan fingerprint density at radius 3 is 2.86 bits per heavy atom. The third-order valence-corrected chi connectivity index (χ3v) is 3.52. The number of urea groups is 1. The lowest BCUT2D eigenvalue weighted by Gasteiger charge is -2.29. The molecule has 2 bridgehead atoms. The Morgan fingerprint density at radius 2 is 2.19 bits per heavy atom. The Morgan fingerprint density at radius 1 is 1.48 bits per heavy atom. The maximum atomic E-state index is 12.0. The standard InChI is InChI=1S/C11H18N4O6/c1-6(12-10(17)18)5-21-13-9(16)8-3-2-7-4-14(8)11(19)15(7)20/h6-8,12,20H,2-5H2,1H3,(H,13,16)(H,17,18)/t6?,7?,8-/m0/s1. The van der Waals surface area contributed by atoms with E-state index in [0.717, 1.165) is 0 Å². The van der Waals surface area contributed by atoms with Gasteiger partial charge in [0.15, 0.2) is 0 Å². The second kappa shape index (κ2) is 6.14. The monoisotopic (exact) mass is 302 g/mol. The Hall–Kier alpha value is -2.07. The number of amides is 4. The molecule has 2 fully saturated rings. The zero-order valence-corrected chi connectivity index (χ0v) is 11.5. The van der Waals surface area contributed by atoms with Gasteiger partial charge in [-0.05, 0) is 19.8 Å². The van der Waals surface area contributed by atoms with Gasteiger partial charge in [0, 0.05) is 6.54 Å². The van der Waals surface area contributed by atoms with Crippen LogP contribution in [0.4, 0.5) is 9.59 Å². The predicted octanol–water partition coefficient (Wildman–Crippen LogP) is -0.652. The van der Waals surface area contributed by atoms with Crippen LogP contribution in [0, 0.1) is 0 Å². The molecule has 2 unspecified atom stereocenters. The molecule has 4 amide bonds. The number of piperidine rings is 1. The molecule has 2 aliphatic heterocycles. The normalized spacial score (nSPS) is 25.7. The maximum Gasteiger partial charge on any atom is 0.404 e. The van der Waals surface area contributed by atoms with E-state index in [2.05, 4.69) is 10.8 Å². The summed E-state index contributed by atoms with van der Waals surface area (Å²) in [7, 11) is 0. The van der Waals surface area contributed by atoms with Crippen LogP contribution in [0.2, 0.25) is 0 Å². The number of carbonyl (C=O) groups is 3. The van der Waals surface area contributed by atoms with E-state index in [1.807, 2.05) is 0 Å². The minimum Gasteiger partial charge on any atom is -0.465 e. The summed E-state index contributed by atoms with van der Waals surface area (Å²) in [4.78, 5) is 40.3. The van der Waals surface area contributed by atoms with Crippen LogP contribution in [0.1, 0.15) is 19.8 Å². The number of carboxylic acid groups (broad SMARTS) is 1. The Balaban J connectivity index is 1.79. The van der Waals surface area contributed by atoms with Crippen molar-refractivity contribution >= 4 is 18.0 Å². The summed E-state index contributed by atoms with van der Waals surface area (Å²) >= 11 is 0. The van der Waals surface area contributed by atoms with Gasteiger partial charge in [0.1, 0.15) is 6.04 Å². The lowest BCUT2D eigenvalue weighted by molar-refractivity contribution is -0.139. The van der Waals surface area contributed by atoms with E-state index in [9.17, 15) is 19.6 Å². The predicted molar refractivity (Wildman–Crippen MR) is 67.3 cm³/mol. The highest BCUT2D eigenvalue weighted by atomic mass is 16.7. The first-order chi connectivity index (χ1) is 9.90. The molecule has 4 N–H and O–H groups in total. The molecule has 0 saturated carbocycles. The third-order valence-electron chi connectivity index (χ3n) is 3.52. The molecular formula is C11H18N4O6. The van der Waals surface area contributed by atoms with Crippen molar-refractivity contribution in [3.63, 3.8) is 0 Å². The van der Waals surface area contributed by atoms with Crippen molar-refractivity contribution in [1.82, 2.24) is 20.8 Å². The minimum absolute atomic E-state index is 0.0343. The van der Waals surface area contributed by atoms with Crippen molar-refractivity contribution in [2.75, 3.05) is 13.2 Å². The number of carbonyl (C=O) groups excluding carboxylic acids is 2. The van der Waals surface area contributed by atoms with E-state index >= 15 is 0 Å². The highest BCUT2D eigenvalue weighted by Crippen LogP contribution is 2.28. The molecule has 10 heteroatoms. The Bertz CT molecular complexity index is 444. The first-order valence-electron chi connectivity index (χ1n) is 6.60. The van der Waals surface area contributed by atoms with E-state index < -0.39 is 30.1 Å². The highest BCUT2D eigenvalue weighted by molar-refractivity contribution is 5.87. The van der Waals surface area contributed by atoms with Gasteiger partial charge in [-0.2, -0.15) is 0 Å². The summed E-state index contributed by atoms with van der Waals surface area (Å²) in [6, 6.07) is -2.02. The largest absolute Gasteiger partial charge is 0.465 e. The van der Waals surface area contributed by atoms with Crippen LogP contribution in [0.15, 0.2) is 0 Å². The van der Waals surface area contributed by atoms with Gasteiger partial charge in [0.05, 0.1) is 18.7 Å². The molecular weight excluding hydrogens is 284 g/mol. The summed E-state index contributed by atoms with van der Waals surface area (Å²) < 4.78 is 0. The molecule has 10 nitrogen and oxygen atoms in total. The van der Waals surface area contributed by atoms with Crippen molar-refractivity contribution in [2.45, 2.75) is 37.9 Å². The number of nitrogens with zero attached hydrogens (tertiary/aromatic N) is 2. The van der Waals surface area contributed by atoms with Gasteiger partial charge in [0.2, 0.25) is 0 Å². The number of fused-ring (bicyclic) bond motifs is 2. The molecule has 0 radical (unpaired) electrons. The average Bonchev–Trinajstić information content (AvgIpc) is 2.63. The first-order valence-corrected chi connectivity index (χ1v) is 6.60. The third kappa shape index (κ3) is 3.34. The van der Waals surface area contributed by atoms with Crippen molar-refractivity contribution in [3.05, 3.63) is 0 Å². The fourth-order valence-electron chi connectivity index (χ4n) is 2.48. The summed E-state index contributed by atoms with van der Waals surface area (Å²) in [6.45, 7) is 1.86. The highest BCUT2D eigenvalue weighted by Gasteiger charge is 2.46. The fraction of sp³-hybridized carbons (Fsp3) is 0.727. The molecule has 21 heavy (non-hydrogen) atoms. The van der Waals surface area contributed by atoms with Crippen LogP contribution >= 0.6 is 0 Å². The number of nitrogens with one attached hydrogen (secondary N) is 2. The van der Waals surface area contributed by atoms with Crippen LogP contribution in [0.25, 0.3) is 0 Å². The minimum atomic E-state index is -1.18. The topological polar surface area (TPSA) is 131 Å². The van der Waals surface area contributed by atoms with Gasteiger partial charge < -0.3 is 15.3 Å². The molecule has 0 aromatic heterocycles. The molecule has 3 atom stereocenters. The summed E-state index contributed by atoms with van der Waals surface area (Å²) in [5, 5.41) is 20.8. The van der Waals surface area contributed by atoms with E-state index in [4.69, 9.17) is 9.94 Å². The summed E-state index contributed by atoms with van der Waals surface area (Å²) in [5.41, 5.74) is 2.21. The molecule has 0 aliphatic carbocycles. The molecule has 2 aliphatic rings. The quantitative estimate of drug-likeness (QED) is 0.394. The smallest absolute Gasteiger partial charge is 0.404 e. The lowest BCUT2D eigenvalue weighted by Crippen LogP contribution is -2.50. The molecule has 0 aromatic carbocycles.